The third-order valence-electron chi connectivity index (χ3n) is 8.30. The van der Waals surface area contributed by atoms with Crippen molar-refractivity contribution in [3.63, 3.8) is 0 Å². The zero-order valence-corrected chi connectivity index (χ0v) is 13.8. The first-order valence-corrected chi connectivity index (χ1v) is 9.18. The fourth-order valence-electron chi connectivity index (χ4n) is 7.46. The minimum absolute atomic E-state index is 0.0821. The van der Waals surface area contributed by atoms with Gasteiger partial charge in [-0.2, -0.15) is 0 Å². The highest BCUT2D eigenvalue weighted by molar-refractivity contribution is 6.01. The molecule has 124 valence electrons. The third kappa shape index (κ3) is 1.46. The lowest BCUT2D eigenvalue weighted by Crippen LogP contribution is -2.71. The predicted molar refractivity (Wildman–Crippen MR) is 85.1 cm³/mol. The average Bonchev–Trinajstić information content (AvgIpc) is 2.48. The lowest BCUT2D eigenvalue weighted by atomic mass is 9.35. The summed E-state index contributed by atoms with van der Waals surface area (Å²) in [4.78, 5) is 30.0. The number of carbonyl (C=O) groups excluding carboxylic acids is 2. The summed E-state index contributed by atoms with van der Waals surface area (Å²) in [5.41, 5.74) is -0.542. The van der Waals surface area contributed by atoms with Crippen LogP contribution in [0.15, 0.2) is 4.99 Å². The van der Waals surface area contributed by atoms with Gasteiger partial charge in [0.05, 0.1) is 12.0 Å². The van der Waals surface area contributed by atoms with Crippen molar-refractivity contribution in [1.29, 1.82) is 0 Å². The van der Waals surface area contributed by atoms with Crippen LogP contribution in [0.5, 0.6) is 0 Å². The van der Waals surface area contributed by atoms with Crippen molar-refractivity contribution in [2.75, 3.05) is 6.54 Å². The minimum atomic E-state index is -0.649. The second kappa shape index (κ2) is 4.14. The zero-order valence-electron chi connectivity index (χ0n) is 13.8. The van der Waals surface area contributed by atoms with Gasteiger partial charge in [0.15, 0.2) is 0 Å². The molecular weight excluding hydrogens is 290 g/mol. The highest BCUT2D eigenvalue weighted by Gasteiger charge is 2.72. The molecule has 7 atom stereocenters. The number of aliphatic hydroxyl groups is 1. The van der Waals surface area contributed by atoms with Crippen molar-refractivity contribution in [2.24, 2.45) is 39.0 Å². The first kappa shape index (κ1) is 14.3. The van der Waals surface area contributed by atoms with E-state index in [-0.39, 0.29) is 34.7 Å². The molecule has 0 aromatic rings. The van der Waals surface area contributed by atoms with E-state index in [1.165, 1.54) is 6.42 Å². The second-order valence-electron chi connectivity index (χ2n) is 9.18. The molecule has 1 aliphatic heterocycles. The standard InChI is InChI=1S/C19H25NO3/c1-17-4-2-5-19(10-20-9-17)13(17)3-6-18-8-12(21)11(7-14(18)22)15(23)16(18)19/h10-11,13,15-16,23H,2-9H2,1H3/t11-,13-,15+,16-,17+,18-,19+/m1/s1. The first-order valence-electron chi connectivity index (χ1n) is 9.18. The number of ketones is 2. The lowest BCUT2D eigenvalue weighted by molar-refractivity contribution is -0.207. The molecule has 0 aromatic carbocycles. The normalized spacial score (nSPS) is 57.1. The highest BCUT2D eigenvalue weighted by atomic mass is 16.3. The van der Waals surface area contributed by atoms with E-state index >= 15 is 0 Å². The quantitative estimate of drug-likeness (QED) is 0.745. The van der Waals surface area contributed by atoms with Crippen LogP contribution in [0.25, 0.3) is 0 Å². The Balaban J connectivity index is 1.71. The molecule has 0 saturated heterocycles. The minimum Gasteiger partial charge on any atom is -0.392 e. The lowest BCUT2D eigenvalue weighted by Gasteiger charge is -2.68. The van der Waals surface area contributed by atoms with E-state index in [1.54, 1.807) is 0 Å². The van der Waals surface area contributed by atoms with Gasteiger partial charge >= 0.3 is 0 Å². The number of hydrogen-bond donors (Lipinski definition) is 1. The molecular formula is C19H25NO3. The summed E-state index contributed by atoms with van der Waals surface area (Å²) in [6, 6.07) is 0. The Kier molecular flexibility index (Phi) is 2.58. The van der Waals surface area contributed by atoms with Crippen molar-refractivity contribution in [3.8, 4) is 0 Å². The van der Waals surface area contributed by atoms with Crippen LogP contribution in [-0.2, 0) is 9.59 Å². The Bertz CT molecular complexity index is 643. The largest absolute Gasteiger partial charge is 0.392 e. The molecule has 23 heavy (non-hydrogen) atoms. The molecule has 0 radical (unpaired) electrons. The summed E-state index contributed by atoms with van der Waals surface area (Å²) in [7, 11) is 0. The maximum atomic E-state index is 12.9. The summed E-state index contributed by atoms with van der Waals surface area (Å²) >= 11 is 0. The van der Waals surface area contributed by atoms with Crippen molar-refractivity contribution in [1.82, 2.24) is 0 Å². The fraction of sp³-hybridized carbons (Fsp3) is 0.842. The van der Waals surface area contributed by atoms with Gasteiger partial charge in [-0.3, -0.25) is 14.6 Å². The number of nitrogens with zero attached hydrogens (tertiary/aromatic N) is 1. The number of hydrogen-bond acceptors (Lipinski definition) is 4. The number of aliphatic hydroxyl groups excluding tert-OH is 1. The molecule has 6 aliphatic rings. The number of rotatable bonds is 0. The van der Waals surface area contributed by atoms with Crippen LogP contribution in [0.3, 0.4) is 0 Å². The van der Waals surface area contributed by atoms with Crippen LogP contribution in [0.2, 0.25) is 0 Å². The SMILES string of the molecule is C[C@]12CCC[C@]3(C=NC1)[C@@H]2CC[C@@]12CC(=O)[C@@H](CC1=O)[C@H](O)[C@H]23. The molecule has 1 spiro atoms. The van der Waals surface area contributed by atoms with E-state index in [0.717, 1.165) is 32.2 Å². The maximum absolute atomic E-state index is 12.9. The van der Waals surface area contributed by atoms with Gasteiger partial charge in [0.25, 0.3) is 0 Å². The summed E-state index contributed by atoms with van der Waals surface area (Å²) in [5.74, 6) is 0.340. The number of fused-ring (bicyclic) bond motifs is 2. The predicted octanol–water partition coefficient (Wildman–Crippen LogP) is 2.18. The van der Waals surface area contributed by atoms with E-state index in [4.69, 9.17) is 4.99 Å². The second-order valence-corrected chi connectivity index (χ2v) is 9.18. The number of aliphatic imine (C=N–C) groups is 1. The van der Waals surface area contributed by atoms with Gasteiger partial charge in [0.2, 0.25) is 0 Å². The van der Waals surface area contributed by atoms with Crippen LogP contribution in [0.4, 0.5) is 0 Å². The summed E-state index contributed by atoms with van der Waals surface area (Å²) in [5, 5.41) is 11.1. The Hall–Kier alpha value is -1.03. The van der Waals surface area contributed by atoms with Gasteiger partial charge < -0.3 is 5.11 Å². The van der Waals surface area contributed by atoms with Crippen molar-refractivity contribution in [3.05, 3.63) is 0 Å². The van der Waals surface area contributed by atoms with Gasteiger partial charge in [-0.05, 0) is 37.0 Å². The number of carbonyl (C=O) groups is 2. The molecule has 1 N–H and O–H groups in total. The van der Waals surface area contributed by atoms with E-state index < -0.39 is 17.4 Å². The Morgan fingerprint density at radius 1 is 1.26 bits per heavy atom. The molecule has 4 nitrogen and oxygen atoms in total. The zero-order chi connectivity index (χ0) is 16.0. The monoisotopic (exact) mass is 315 g/mol. The molecule has 4 heteroatoms. The smallest absolute Gasteiger partial charge is 0.140 e. The van der Waals surface area contributed by atoms with Gasteiger partial charge in [0, 0.05) is 42.3 Å². The molecule has 0 amide bonds. The van der Waals surface area contributed by atoms with Gasteiger partial charge in [0.1, 0.15) is 11.6 Å². The van der Waals surface area contributed by atoms with Crippen LogP contribution in [0.1, 0.15) is 51.9 Å². The molecule has 1 heterocycles. The topological polar surface area (TPSA) is 66.7 Å². The molecule has 6 rings (SSSR count). The van der Waals surface area contributed by atoms with E-state index in [0.29, 0.717) is 12.3 Å². The van der Waals surface area contributed by atoms with Crippen LogP contribution in [0, 0.1) is 34.0 Å². The van der Waals surface area contributed by atoms with Crippen molar-refractivity contribution < 1.29 is 14.7 Å². The molecule has 4 bridgehead atoms. The Morgan fingerprint density at radius 3 is 2.91 bits per heavy atom. The van der Waals surface area contributed by atoms with Gasteiger partial charge in [-0.15, -0.1) is 0 Å². The molecule has 0 aromatic heterocycles. The van der Waals surface area contributed by atoms with Crippen LogP contribution < -0.4 is 0 Å². The molecule has 5 fully saturated rings. The van der Waals surface area contributed by atoms with E-state index in [2.05, 4.69) is 13.1 Å². The first-order chi connectivity index (χ1) is 10.9. The van der Waals surface area contributed by atoms with Crippen molar-refractivity contribution in [2.45, 2.75) is 58.0 Å². The van der Waals surface area contributed by atoms with E-state index in [9.17, 15) is 14.7 Å². The van der Waals surface area contributed by atoms with Gasteiger partial charge in [-0.25, -0.2) is 0 Å². The van der Waals surface area contributed by atoms with Gasteiger partial charge in [-0.1, -0.05) is 13.3 Å². The summed E-state index contributed by atoms with van der Waals surface area (Å²) in [6.45, 7) is 3.23. The van der Waals surface area contributed by atoms with E-state index in [1.807, 2.05) is 0 Å². The van der Waals surface area contributed by atoms with Crippen molar-refractivity contribution >= 4 is 17.8 Å². The Morgan fingerprint density at radius 2 is 2.09 bits per heavy atom. The number of Topliss-reactive ketones (excluding diaryl/α,β-unsaturated/α-hetero) is 2. The molecule has 5 aliphatic carbocycles. The maximum Gasteiger partial charge on any atom is 0.140 e. The Labute approximate surface area is 136 Å². The summed E-state index contributed by atoms with van der Waals surface area (Å²) in [6.07, 6.45) is 7.28. The highest BCUT2D eigenvalue weighted by Crippen LogP contribution is 2.70. The van der Waals surface area contributed by atoms with Crippen LogP contribution >= 0.6 is 0 Å². The molecule has 5 saturated carbocycles. The van der Waals surface area contributed by atoms with Crippen LogP contribution in [-0.4, -0.2) is 35.5 Å². The fourth-order valence-corrected chi connectivity index (χ4v) is 7.46. The average molecular weight is 315 g/mol. The summed E-state index contributed by atoms with van der Waals surface area (Å²) < 4.78 is 0. The molecule has 0 unspecified atom stereocenters. The third-order valence-corrected chi connectivity index (χ3v) is 8.30.